The molecule has 0 saturated carbocycles. The highest BCUT2D eigenvalue weighted by Crippen LogP contribution is 2.24. The van der Waals surface area contributed by atoms with E-state index in [1.165, 1.54) is 11.6 Å². The molecule has 8 heteroatoms. The average Bonchev–Trinajstić information content (AvgIpc) is 3.11. The fourth-order valence-electron chi connectivity index (χ4n) is 2.94. The lowest BCUT2D eigenvalue weighted by molar-refractivity contribution is -0.159. The molecule has 1 unspecified atom stereocenters. The summed E-state index contributed by atoms with van der Waals surface area (Å²) in [4.78, 5) is 32.8. The van der Waals surface area contributed by atoms with Gasteiger partial charge in [-0.25, -0.2) is 18.4 Å². The van der Waals surface area contributed by atoms with E-state index in [9.17, 15) is 13.6 Å². The predicted molar refractivity (Wildman–Crippen MR) is 95.8 cm³/mol. The zero-order valence-electron chi connectivity index (χ0n) is 14.8. The summed E-state index contributed by atoms with van der Waals surface area (Å²) in [5, 5.41) is 14.8. The van der Waals surface area contributed by atoms with Crippen LogP contribution in [0.4, 0.5) is 8.78 Å². The van der Waals surface area contributed by atoms with E-state index in [2.05, 4.69) is 17.0 Å². The molecule has 1 fully saturated rings. The minimum Gasteiger partial charge on any atom is -0.473 e. The van der Waals surface area contributed by atoms with E-state index in [0.717, 1.165) is 25.2 Å². The number of carbonyl (C=O) groups excluding carboxylic acids is 1. The minimum absolute atomic E-state index is 0.00652. The number of Topliss-reactive ketones (excluding diaryl/α,β-unsaturated/α-hetero) is 1. The van der Waals surface area contributed by atoms with Crippen LogP contribution in [-0.2, 0) is 16.1 Å². The lowest BCUT2D eigenvalue weighted by atomic mass is 9.96. The maximum absolute atomic E-state index is 13.7. The van der Waals surface area contributed by atoms with Gasteiger partial charge in [0.15, 0.2) is 5.78 Å². The summed E-state index contributed by atoms with van der Waals surface area (Å²) < 4.78 is 26.7. The van der Waals surface area contributed by atoms with E-state index in [-0.39, 0.29) is 17.3 Å². The van der Waals surface area contributed by atoms with Crippen LogP contribution in [-0.4, -0.2) is 45.9 Å². The molecule has 1 aliphatic heterocycles. The molecule has 3 rings (SSSR count). The van der Waals surface area contributed by atoms with E-state index < -0.39 is 23.6 Å². The van der Waals surface area contributed by atoms with Crippen LogP contribution in [0.2, 0.25) is 0 Å². The Morgan fingerprint density at radius 3 is 2.21 bits per heavy atom. The average molecular weight is 391 g/mol. The molecule has 0 bridgehead atoms. The van der Waals surface area contributed by atoms with Crippen LogP contribution >= 0.6 is 0 Å². The molecule has 28 heavy (non-hydrogen) atoms. The topological polar surface area (TPSA) is 94.9 Å². The molecule has 0 aliphatic carbocycles. The Hall–Kier alpha value is -3.13. The van der Waals surface area contributed by atoms with Crippen molar-refractivity contribution >= 4 is 17.7 Å². The number of hydrogen-bond acceptors (Lipinski definition) is 4. The fourth-order valence-corrected chi connectivity index (χ4v) is 2.94. The number of ketones is 1. The quantitative estimate of drug-likeness (QED) is 0.615. The van der Waals surface area contributed by atoms with Crippen LogP contribution in [0.1, 0.15) is 22.3 Å². The van der Waals surface area contributed by atoms with E-state index in [4.69, 9.17) is 19.8 Å². The van der Waals surface area contributed by atoms with Gasteiger partial charge in [-0.3, -0.25) is 9.69 Å². The molecule has 1 heterocycles. The SMILES string of the molecule is O=C(O)C(=O)O.O=C(c1ccc(F)cc1F)C1CCN(Cc2ccccc2)C1. The van der Waals surface area contributed by atoms with Gasteiger partial charge in [-0.15, -0.1) is 0 Å². The van der Waals surface area contributed by atoms with Gasteiger partial charge >= 0.3 is 11.9 Å². The first-order chi connectivity index (χ1) is 13.3. The highest BCUT2D eigenvalue weighted by atomic mass is 19.1. The zero-order valence-corrected chi connectivity index (χ0v) is 14.8. The number of carbonyl (C=O) groups is 3. The zero-order chi connectivity index (χ0) is 20.7. The highest BCUT2D eigenvalue weighted by molar-refractivity contribution is 6.27. The molecule has 0 spiro atoms. The smallest absolute Gasteiger partial charge is 0.414 e. The summed E-state index contributed by atoms with van der Waals surface area (Å²) in [7, 11) is 0. The van der Waals surface area contributed by atoms with Gasteiger partial charge in [0, 0.05) is 25.1 Å². The minimum atomic E-state index is -1.82. The molecule has 1 aliphatic rings. The second-order valence-electron chi connectivity index (χ2n) is 6.31. The van der Waals surface area contributed by atoms with Crippen molar-refractivity contribution in [2.45, 2.75) is 13.0 Å². The molecule has 148 valence electrons. The van der Waals surface area contributed by atoms with Crippen molar-refractivity contribution in [3.8, 4) is 0 Å². The Balaban J connectivity index is 0.000000409. The Bertz CT molecular complexity index is 845. The largest absolute Gasteiger partial charge is 0.473 e. The van der Waals surface area contributed by atoms with Gasteiger partial charge in [-0.2, -0.15) is 0 Å². The molecule has 0 amide bonds. The predicted octanol–water partition coefficient (Wildman–Crippen LogP) is 2.83. The summed E-state index contributed by atoms with van der Waals surface area (Å²) in [5.74, 6) is -5.53. The molecule has 0 aromatic heterocycles. The summed E-state index contributed by atoms with van der Waals surface area (Å²) >= 11 is 0. The second-order valence-corrected chi connectivity index (χ2v) is 6.31. The molecule has 2 N–H and O–H groups in total. The fraction of sp³-hybridized carbons (Fsp3) is 0.250. The molecule has 6 nitrogen and oxygen atoms in total. The van der Waals surface area contributed by atoms with Crippen LogP contribution in [0.3, 0.4) is 0 Å². The van der Waals surface area contributed by atoms with Crippen LogP contribution in [0, 0.1) is 17.6 Å². The van der Waals surface area contributed by atoms with E-state index in [1.807, 2.05) is 18.2 Å². The third kappa shape index (κ3) is 5.95. The molecular formula is C20H19F2NO5. The Morgan fingerprint density at radius 2 is 1.64 bits per heavy atom. The van der Waals surface area contributed by atoms with Crippen molar-refractivity contribution < 1.29 is 33.4 Å². The first-order valence-electron chi connectivity index (χ1n) is 8.49. The maximum atomic E-state index is 13.7. The lowest BCUT2D eigenvalue weighted by Crippen LogP contribution is -2.23. The number of halogens is 2. The number of likely N-dealkylation sites (tertiary alicyclic amines) is 1. The molecule has 1 atom stereocenters. The summed E-state index contributed by atoms with van der Waals surface area (Å²) in [6.45, 7) is 2.22. The van der Waals surface area contributed by atoms with Crippen LogP contribution in [0.15, 0.2) is 48.5 Å². The van der Waals surface area contributed by atoms with Crippen LogP contribution in [0.25, 0.3) is 0 Å². The first-order valence-corrected chi connectivity index (χ1v) is 8.49. The van der Waals surface area contributed by atoms with Crippen molar-refractivity contribution in [2.24, 2.45) is 5.92 Å². The van der Waals surface area contributed by atoms with Gasteiger partial charge in [-0.05, 0) is 30.7 Å². The van der Waals surface area contributed by atoms with Gasteiger partial charge in [-0.1, -0.05) is 30.3 Å². The van der Waals surface area contributed by atoms with Crippen molar-refractivity contribution in [1.82, 2.24) is 4.90 Å². The van der Waals surface area contributed by atoms with Crippen molar-refractivity contribution in [3.63, 3.8) is 0 Å². The molecule has 2 aromatic carbocycles. The first kappa shape index (κ1) is 21.2. The van der Waals surface area contributed by atoms with E-state index in [0.29, 0.717) is 13.0 Å². The third-order valence-electron chi connectivity index (χ3n) is 4.27. The number of rotatable bonds is 4. The van der Waals surface area contributed by atoms with E-state index >= 15 is 0 Å². The van der Waals surface area contributed by atoms with Crippen molar-refractivity contribution in [1.29, 1.82) is 0 Å². The maximum Gasteiger partial charge on any atom is 0.414 e. The third-order valence-corrected chi connectivity index (χ3v) is 4.27. The normalized spacial score (nSPS) is 16.1. The van der Waals surface area contributed by atoms with Crippen molar-refractivity contribution in [3.05, 3.63) is 71.3 Å². The lowest BCUT2D eigenvalue weighted by Gasteiger charge is -2.15. The number of hydrogen-bond donors (Lipinski definition) is 2. The van der Waals surface area contributed by atoms with Gasteiger partial charge < -0.3 is 10.2 Å². The molecular weight excluding hydrogens is 372 g/mol. The molecule has 2 aromatic rings. The Morgan fingerprint density at radius 1 is 1.00 bits per heavy atom. The molecule has 0 radical (unpaired) electrons. The summed E-state index contributed by atoms with van der Waals surface area (Å²) in [6, 6.07) is 13.2. The van der Waals surface area contributed by atoms with Crippen LogP contribution in [0.5, 0.6) is 0 Å². The Labute approximate surface area is 160 Å². The summed E-state index contributed by atoms with van der Waals surface area (Å²) in [5.41, 5.74) is 1.19. The number of carboxylic acid groups (broad SMARTS) is 2. The highest BCUT2D eigenvalue weighted by Gasteiger charge is 2.30. The standard InChI is InChI=1S/C18H17F2NO.C2H2O4/c19-15-6-7-16(17(20)10-15)18(22)14-8-9-21(12-14)11-13-4-2-1-3-5-13;3-1(4)2(5)6/h1-7,10,14H,8-9,11-12H2;(H,3,4)(H,5,6). The second kappa shape index (κ2) is 9.70. The van der Waals surface area contributed by atoms with Gasteiger partial charge in [0.25, 0.3) is 0 Å². The summed E-state index contributed by atoms with van der Waals surface area (Å²) in [6.07, 6.45) is 0.711. The van der Waals surface area contributed by atoms with E-state index in [1.54, 1.807) is 0 Å². The molecule has 1 saturated heterocycles. The number of nitrogens with zero attached hydrogens (tertiary/aromatic N) is 1. The van der Waals surface area contributed by atoms with Crippen LogP contribution < -0.4 is 0 Å². The van der Waals surface area contributed by atoms with Gasteiger partial charge in [0.1, 0.15) is 11.6 Å². The number of benzene rings is 2. The monoisotopic (exact) mass is 391 g/mol. The van der Waals surface area contributed by atoms with Gasteiger partial charge in [0.2, 0.25) is 0 Å². The van der Waals surface area contributed by atoms with Gasteiger partial charge in [0.05, 0.1) is 5.56 Å². The number of carboxylic acids is 2. The number of aliphatic carboxylic acids is 2. The Kier molecular flexibility index (Phi) is 7.34. The van der Waals surface area contributed by atoms with Crippen molar-refractivity contribution in [2.75, 3.05) is 13.1 Å².